The van der Waals surface area contributed by atoms with Gasteiger partial charge in [-0.1, -0.05) is 18.6 Å². The second-order valence-electron chi connectivity index (χ2n) is 7.26. The van der Waals surface area contributed by atoms with Crippen LogP contribution in [0.3, 0.4) is 0 Å². The lowest BCUT2D eigenvalue weighted by molar-refractivity contribution is -0.134. The molecule has 1 saturated heterocycles. The molecule has 1 fully saturated rings. The van der Waals surface area contributed by atoms with Crippen molar-refractivity contribution in [3.63, 3.8) is 0 Å². The van der Waals surface area contributed by atoms with Crippen LogP contribution >= 0.6 is 0 Å². The van der Waals surface area contributed by atoms with Gasteiger partial charge in [0.05, 0.1) is 0 Å². The van der Waals surface area contributed by atoms with Crippen molar-refractivity contribution in [1.82, 2.24) is 9.88 Å². The molecule has 1 aromatic heterocycles. The molecule has 4 heteroatoms. The number of aromatic amines is 1. The van der Waals surface area contributed by atoms with Gasteiger partial charge in [-0.3, -0.25) is 4.79 Å². The molecule has 2 N–H and O–H groups in total. The molecule has 1 amide bonds. The summed E-state index contributed by atoms with van der Waals surface area (Å²) < 4.78 is 0. The molecule has 0 spiro atoms. The number of likely N-dealkylation sites (tertiary alicyclic amines) is 1. The Hall–Kier alpha value is -1.81. The summed E-state index contributed by atoms with van der Waals surface area (Å²) in [6.07, 6.45) is 6.18. The van der Waals surface area contributed by atoms with Crippen LogP contribution in [0.4, 0.5) is 0 Å². The van der Waals surface area contributed by atoms with E-state index in [-0.39, 0.29) is 17.9 Å². The number of aliphatic hydroxyl groups excluding tert-OH is 1. The largest absolute Gasteiger partial charge is 0.396 e. The number of carbonyl (C=O) groups is 1. The molecular formula is C20H28N2O2. The van der Waals surface area contributed by atoms with Crippen LogP contribution in [0.15, 0.2) is 24.4 Å². The zero-order chi connectivity index (χ0) is 17.2. The quantitative estimate of drug-likeness (QED) is 0.883. The van der Waals surface area contributed by atoms with Gasteiger partial charge in [-0.2, -0.15) is 0 Å². The number of hydrogen-bond donors (Lipinski definition) is 2. The fourth-order valence-corrected chi connectivity index (χ4v) is 3.75. The Morgan fingerprint density at radius 2 is 2.08 bits per heavy atom. The minimum atomic E-state index is 0.0329. The van der Waals surface area contributed by atoms with E-state index in [1.54, 1.807) is 0 Å². The van der Waals surface area contributed by atoms with Gasteiger partial charge in [-0.05, 0) is 55.7 Å². The van der Waals surface area contributed by atoms with Crippen LogP contribution in [0.25, 0.3) is 10.9 Å². The van der Waals surface area contributed by atoms with Gasteiger partial charge in [0.25, 0.3) is 0 Å². The lowest BCUT2D eigenvalue weighted by Crippen LogP contribution is -2.44. The summed E-state index contributed by atoms with van der Waals surface area (Å²) in [7, 11) is 0. The summed E-state index contributed by atoms with van der Waals surface area (Å²) in [5, 5.41) is 10.8. The molecule has 2 aromatic rings. The van der Waals surface area contributed by atoms with Gasteiger partial charge in [0, 0.05) is 43.2 Å². The maximum absolute atomic E-state index is 12.5. The fraction of sp³-hybridized carbons (Fsp3) is 0.550. The van der Waals surface area contributed by atoms with E-state index in [0.29, 0.717) is 6.42 Å². The van der Waals surface area contributed by atoms with Crippen LogP contribution in [0, 0.1) is 12.3 Å². The molecule has 24 heavy (non-hydrogen) atoms. The molecule has 0 bridgehead atoms. The third kappa shape index (κ3) is 3.34. The smallest absolute Gasteiger partial charge is 0.222 e. The van der Waals surface area contributed by atoms with E-state index in [1.807, 2.05) is 11.1 Å². The molecular weight excluding hydrogens is 300 g/mol. The maximum Gasteiger partial charge on any atom is 0.222 e. The standard InChI is InChI=1S/C20H28N2O2/c1-3-20(14-23)8-10-22(11-9-20)19(24)7-5-16-13-21-18-6-4-15(2)12-17(16)18/h4,6,12-13,21,23H,3,5,7-11,14H2,1-2H3. The second kappa shape index (κ2) is 6.98. The van der Waals surface area contributed by atoms with Gasteiger partial charge in [0.2, 0.25) is 5.91 Å². The molecule has 0 aliphatic carbocycles. The number of aryl methyl sites for hydroxylation is 2. The second-order valence-corrected chi connectivity index (χ2v) is 7.26. The lowest BCUT2D eigenvalue weighted by Gasteiger charge is -2.40. The highest BCUT2D eigenvalue weighted by Gasteiger charge is 2.33. The maximum atomic E-state index is 12.5. The number of H-pyrrole nitrogens is 1. The molecule has 0 atom stereocenters. The molecule has 130 valence electrons. The van der Waals surface area contributed by atoms with Gasteiger partial charge >= 0.3 is 0 Å². The molecule has 0 radical (unpaired) electrons. The van der Waals surface area contributed by atoms with E-state index in [0.717, 1.165) is 44.3 Å². The molecule has 2 heterocycles. The van der Waals surface area contributed by atoms with E-state index in [2.05, 4.69) is 37.0 Å². The van der Waals surface area contributed by atoms with E-state index >= 15 is 0 Å². The fourth-order valence-electron chi connectivity index (χ4n) is 3.75. The summed E-state index contributed by atoms with van der Waals surface area (Å²) >= 11 is 0. The van der Waals surface area contributed by atoms with E-state index < -0.39 is 0 Å². The first-order chi connectivity index (χ1) is 11.6. The highest BCUT2D eigenvalue weighted by Crippen LogP contribution is 2.34. The molecule has 3 rings (SSSR count). The van der Waals surface area contributed by atoms with Crippen molar-refractivity contribution in [3.8, 4) is 0 Å². The minimum absolute atomic E-state index is 0.0329. The predicted octanol–water partition coefficient (Wildman–Crippen LogP) is 3.42. The van der Waals surface area contributed by atoms with Crippen molar-refractivity contribution < 1.29 is 9.90 Å². The van der Waals surface area contributed by atoms with E-state index in [1.165, 1.54) is 16.5 Å². The van der Waals surface area contributed by atoms with Crippen molar-refractivity contribution >= 4 is 16.8 Å². The Morgan fingerprint density at radius 3 is 2.75 bits per heavy atom. The first-order valence-corrected chi connectivity index (χ1v) is 9.02. The number of amides is 1. The molecule has 1 aliphatic rings. The predicted molar refractivity (Wildman–Crippen MR) is 97.0 cm³/mol. The normalized spacial score (nSPS) is 17.4. The average molecular weight is 328 g/mol. The van der Waals surface area contributed by atoms with Crippen LogP contribution in [-0.2, 0) is 11.2 Å². The summed E-state index contributed by atoms with van der Waals surface area (Å²) in [4.78, 5) is 17.8. The summed E-state index contributed by atoms with van der Waals surface area (Å²) in [6, 6.07) is 6.38. The average Bonchev–Trinajstić information content (AvgIpc) is 3.02. The van der Waals surface area contributed by atoms with Crippen molar-refractivity contribution in [2.45, 2.75) is 46.0 Å². The first kappa shape index (κ1) is 17.0. The van der Waals surface area contributed by atoms with Crippen LogP contribution < -0.4 is 0 Å². The Labute approximate surface area is 143 Å². The van der Waals surface area contributed by atoms with Gasteiger partial charge in [0.1, 0.15) is 0 Å². The molecule has 0 saturated carbocycles. The first-order valence-electron chi connectivity index (χ1n) is 9.02. The number of piperidine rings is 1. The topological polar surface area (TPSA) is 56.3 Å². The van der Waals surface area contributed by atoms with Gasteiger partial charge in [-0.25, -0.2) is 0 Å². The number of aliphatic hydroxyl groups is 1. The van der Waals surface area contributed by atoms with E-state index in [4.69, 9.17) is 0 Å². The highest BCUT2D eigenvalue weighted by atomic mass is 16.3. The van der Waals surface area contributed by atoms with E-state index in [9.17, 15) is 9.90 Å². The van der Waals surface area contributed by atoms with Crippen LogP contribution in [0.1, 0.15) is 43.7 Å². The van der Waals surface area contributed by atoms with Crippen LogP contribution in [0.5, 0.6) is 0 Å². The van der Waals surface area contributed by atoms with Crippen LogP contribution in [0.2, 0.25) is 0 Å². The molecule has 1 aliphatic heterocycles. The SMILES string of the molecule is CCC1(CO)CCN(C(=O)CCc2c[nH]c3ccc(C)cc23)CC1. The Kier molecular flexibility index (Phi) is 4.95. The minimum Gasteiger partial charge on any atom is -0.396 e. The Bertz CT molecular complexity index is 705. The Balaban J connectivity index is 1.59. The van der Waals surface area contributed by atoms with Gasteiger partial charge in [-0.15, -0.1) is 0 Å². The summed E-state index contributed by atoms with van der Waals surface area (Å²) in [5.74, 6) is 0.236. The number of nitrogens with one attached hydrogen (secondary N) is 1. The van der Waals surface area contributed by atoms with Gasteiger partial charge < -0.3 is 15.0 Å². The van der Waals surface area contributed by atoms with Crippen molar-refractivity contribution in [3.05, 3.63) is 35.5 Å². The zero-order valence-corrected chi connectivity index (χ0v) is 14.8. The number of carbonyl (C=O) groups excluding carboxylic acids is 1. The van der Waals surface area contributed by atoms with Crippen molar-refractivity contribution in [2.24, 2.45) is 5.41 Å². The third-order valence-corrected chi connectivity index (χ3v) is 5.79. The summed E-state index contributed by atoms with van der Waals surface area (Å²) in [5.41, 5.74) is 3.63. The molecule has 0 unspecified atom stereocenters. The van der Waals surface area contributed by atoms with Crippen molar-refractivity contribution in [1.29, 1.82) is 0 Å². The lowest BCUT2D eigenvalue weighted by atomic mass is 9.77. The number of hydrogen-bond acceptors (Lipinski definition) is 2. The monoisotopic (exact) mass is 328 g/mol. The number of nitrogens with zero attached hydrogens (tertiary/aromatic N) is 1. The van der Waals surface area contributed by atoms with Crippen LogP contribution in [-0.4, -0.2) is 40.6 Å². The number of aromatic nitrogens is 1. The summed E-state index contributed by atoms with van der Waals surface area (Å²) in [6.45, 7) is 6.02. The van der Waals surface area contributed by atoms with Crippen molar-refractivity contribution in [2.75, 3.05) is 19.7 Å². The highest BCUT2D eigenvalue weighted by molar-refractivity contribution is 5.85. The Morgan fingerprint density at radius 1 is 1.33 bits per heavy atom. The number of benzene rings is 1. The molecule has 1 aromatic carbocycles. The number of rotatable bonds is 5. The van der Waals surface area contributed by atoms with Gasteiger partial charge in [0.15, 0.2) is 0 Å². The number of fused-ring (bicyclic) bond motifs is 1. The molecule has 4 nitrogen and oxygen atoms in total. The third-order valence-electron chi connectivity index (χ3n) is 5.79. The zero-order valence-electron chi connectivity index (χ0n) is 14.8.